The molecule has 0 saturated heterocycles. The Hall–Kier alpha value is -6.29. The molecule has 1 N–H and O–H groups in total. The van der Waals surface area contributed by atoms with Gasteiger partial charge >= 0.3 is 0 Å². The van der Waals surface area contributed by atoms with Crippen LogP contribution in [0.4, 0.5) is 0 Å². The van der Waals surface area contributed by atoms with Gasteiger partial charge in [0.15, 0.2) is 0 Å². The summed E-state index contributed by atoms with van der Waals surface area (Å²) in [7, 11) is 0. The fourth-order valence-electron chi connectivity index (χ4n) is 7.19. The van der Waals surface area contributed by atoms with E-state index in [0.717, 1.165) is 82.9 Å². The third kappa shape index (κ3) is 5.21. The average Bonchev–Trinajstić information content (AvgIpc) is 3.77. The van der Waals surface area contributed by atoms with Crippen LogP contribution in [0.1, 0.15) is 0 Å². The number of imidazole rings is 1. The number of benzene rings is 7. The molecule has 0 amide bonds. The van der Waals surface area contributed by atoms with Gasteiger partial charge in [-0.05, 0) is 53.4 Å². The first kappa shape index (κ1) is 31.7. The van der Waals surface area contributed by atoms with Crippen LogP contribution in [0.3, 0.4) is 0 Å². The van der Waals surface area contributed by atoms with Crippen molar-refractivity contribution in [2.24, 2.45) is 0 Å². The summed E-state index contributed by atoms with van der Waals surface area (Å²) in [5.74, 6) is 0.831. The number of rotatable bonds is 5. The van der Waals surface area contributed by atoms with Crippen molar-refractivity contribution in [1.29, 1.82) is 0 Å². The van der Waals surface area contributed by atoms with Crippen LogP contribution >= 0.6 is 0 Å². The van der Waals surface area contributed by atoms with Crippen LogP contribution < -0.4 is 0 Å². The molecule has 0 aliphatic carbocycles. The number of para-hydroxylation sites is 3. The van der Waals surface area contributed by atoms with Gasteiger partial charge in [-0.1, -0.05) is 120 Å². The van der Waals surface area contributed by atoms with Crippen LogP contribution in [-0.4, -0.2) is 19.6 Å². The second kappa shape index (κ2) is 12.8. The molecule has 0 aliphatic heterocycles. The maximum atomic E-state index is 11.0. The van der Waals surface area contributed by atoms with Crippen molar-refractivity contribution in [2.75, 3.05) is 0 Å². The van der Waals surface area contributed by atoms with E-state index < -0.39 is 0 Å². The zero-order valence-corrected chi connectivity index (χ0v) is 29.9. The Bertz CT molecular complexity index is 2930. The van der Waals surface area contributed by atoms with Gasteiger partial charge in [-0.15, -0.1) is 23.8 Å². The van der Waals surface area contributed by atoms with Crippen molar-refractivity contribution in [3.8, 4) is 56.3 Å². The molecular weight excluding hydrogens is 822 g/mol. The number of hydrogen-bond acceptors (Lipinski definition) is 4. The monoisotopic (exact) mass is 849 g/mol. The standard InChI is InChI=1S/C46H28N3O2.Pt/c50-42-21-10-9-18-38(42)46-48-44-35(19-11-20-41(44)49(46)34-15-5-2-6-16-34)32-24-31(29-12-3-1-4-13-29)25-33(26-32)40-27-43-39(28-47-40)37-23-22-30-14-7-8-17-36(30)45(37)51-43;/h1-25,27-28,50H;/q-1;. The minimum absolute atomic E-state index is 0. The number of pyridine rings is 1. The normalized spacial score (nSPS) is 11.4. The van der Waals surface area contributed by atoms with E-state index in [4.69, 9.17) is 14.4 Å². The number of phenolic OH excluding ortho intramolecular Hbond substituents is 1. The average molecular weight is 850 g/mol. The molecule has 10 rings (SSSR count). The van der Waals surface area contributed by atoms with Crippen LogP contribution in [0.25, 0.3) is 94.3 Å². The molecule has 0 spiro atoms. The first-order chi connectivity index (χ1) is 25.2. The van der Waals surface area contributed by atoms with Crippen molar-refractivity contribution >= 4 is 43.7 Å². The van der Waals surface area contributed by atoms with Crippen LogP contribution in [0.15, 0.2) is 168 Å². The van der Waals surface area contributed by atoms with Crippen LogP contribution in [0, 0.1) is 6.07 Å². The van der Waals surface area contributed by atoms with E-state index in [9.17, 15) is 5.11 Å². The van der Waals surface area contributed by atoms with E-state index in [0.29, 0.717) is 11.4 Å². The number of furan rings is 1. The minimum atomic E-state index is 0. The summed E-state index contributed by atoms with van der Waals surface area (Å²) in [6.45, 7) is 0. The van der Waals surface area contributed by atoms with Crippen molar-refractivity contribution in [3.63, 3.8) is 0 Å². The number of hydrogen-bond donors (Lipinski definition) is 1. The Morgan fingerprint density at radius 2 is 1.33 bits per heavy atom. The maximum Gasteiger partial charge on any atom is 0.148 e. The Balaban J connectivity index is 0.00000360. The second-order valence-electron chi connectivity index (χ2n) is 12.7. The Morgan fingerprint density at radius 1 is 0.596 bits per heavy atom. The van der Waals surface area contributed by atoms with Crippen LogP contribution in [0.2, 0.25) is 0 Å². The second-order valence-corrected chi connectivity index (χ2v) is 12.7. The summed E-state index contributed by atoms with van der Waals surface area (Å²) in [5.41, 5.74) is 10.5. The predicted octanol–water partition coefficient (Wildman–Crippen LogP) is 11.6. The van der Waals surface area contributed by atoms with Crippen LogP contribution in [-0.2, 0) is 21.1 Å². The number of aromatic nitrogens is 3. The number of aromatic hydroxyl groups is 1. The molecule has 0 saturated carbocycles. The Kier molecular flexibility index (Phi) is 7.79. The van der Waals surface area contributed by atoms with Gasteiger partial charge in [0.05, 0.1) is 16.6 Å². The van der Waals surface area contributed by atoms with Gasteiger partial charge in [0.1, 0.15) is 22.7 Å². The molecule has 5 nitrogen and oxygen atoms in total. The summed E-state index contributed by atoms with van der Waals surface area (Å²) < 4.78 is 8.65. The number of fused-ring (bicyclic) bond motifs is 6. The van der Waals surface area contributed by atoms with E-state index in [2.05, 4.69) is 102 Å². The molecule has 0 radical (unpaired) electrons. The topological polar surface area (TPSA) is 64.1 Å². The molecule has 250 valence electrons. The third-order valence-corrected chi connectivity index (χ3v) is 9.63. The molecule has 3 aromatic heterocycles. The van der Waals surface area contributed by atoms with Gasteiger partial charge in [0.2, 0.25) is 0 Å². The third-order valence-electron chi connectivity index (χ3n) is 9.63. The summed E-state index contributed by atoms with van der Waals surface area (Å²) in [5, 5.41) is 15.2. The number of phenols is 1. The molecule has 0 atom stereocenters. The smallest absolute Gasteiger partial charge is 0.148 e. The van der Waals surface area contributed by atoms with Gasteiger partial charge in [-0.25, -0.2) is 4.98 Å². The molecule has 52 heavy (non-hydrogen) atoms. The Labute approximate surface area is 313 Å². The largest absolute Gasteiger partial charge is 0.507 e. The van der Waals surface area contributed by atoms with Crippen molar-refractivity contribution < 1.29 is 30.6 Å². The Morgan fingerprint density at radius 3 is 2.17 bits per heavy atom. The fraction of sp³-hybridized carbons (Fsp3) is 0. The van der Waals surface area contributed by atoms with Crippen molar-refractivity contribution in [1.82, 2.24) is 14.5 Å². The summed E-state index contributed by atoms with van der Waals surface area (Å²) in [6.07, 6.45) is 1.91. The van der Waals surface area contributed by atoms with Gasteiger partial charge in [-0.3, -0.25) is 9.55 Å². The molecule has 0 unspecified atom stereocenters. The van der Waals surface area contributed by atoms with E-state index in [-0.39, 0.29) is 26.8 Å². The molecular formula is C46H28N3O2Pt-. The summed E-state index contributed by atoms with van der Waals surface area (Å²) >= 11 is 0. The molecule has 10 aromatic rings. The summed E-state index contributed by atoms with van der Waals surface area (Å²) in [6, 6.07) is 56.6. The van der Waals surface area contributed by atoms with E-state index >= 15 is 0 Å². The first-order valence-corrected chi connectivity index (χ1v) is 16.9. The van der Waals surface area contributed by atoms with E-state index in [1.54, 1.807) is 6.07 Å². The molecule has 0 fully saturated rings. The molecule has 3 heterocycles. The van der Waals surface area contributed by atoms with Gasteiger partial charge < -0.3 is 9.52 Å². The number of nitrogens with zero attached hydrogens (tertiary/aromatic N) is 3. The van der Waals surface area contributed by atoms with Gasteiger partial charge in [0.25, 0.3) is 0 Å². The molecule has 0 bridgehead atoms. The van der Waals surface area contributed by atoms with Gasteiger partial charge in [0, 0.05) is 54.8 Å². The quantitative estimate of drug-likeness (QED) is 0.175. The molecule has 0 aliphatic rings. The van der Waals surface area contributed by atoms with E-state index in [1.165, 1.54) is 0 Å². The van der Waals surface area contributed by atoms with Gasteiger partial charge in [-0.2, -0.15) is 0 Å². The maximum absolute atomic E-state index is 11.0. The summed E-state index contributed by atoms with van der Waals surface area (Å²) in [4.78, 5) is 10.2. The molecule has 6 heteroatoms. The zero-order chi connectivity index (χ0) is 33.9. The zero-order valence-electron chi connectivity index (χ0n) is 27.6. The predicted molar refractivity (Wildman–Crippen MR) is 206 cm³/mol. The first-order valence-electron chi connectivity index (χ1n) is 16.9. The van der Waals surface area contributed by atoms with E-state index in [1.807, 2.05) is 66.9 Å². The van der Waals surface area contributed by atoms with Crippen molar-refractivity contribution in [2.45, 2.75) is 0 Å². The van der Waals surface area contributed by atoms with Crippen molar-refractivity contribution in [3.05, 3.63) is 170 Å². The van der Waals surface area contributed by atoms with Crippen LogP contribution in [0.5, 0.6) is 5.75 Å². The SMILES string of the molecule is Oc1ccccc1-c1nc2c(-c3[c-]c(-c4cc5oc6c7ccccc7ccc6c5cn4)cc(-c4ccccc4)c3)cccc2n1-c1ccccc1.[Pt]. The minimum Gasteiger partial charge on any atom is -0.507 e. The fourth-order valence-corrected chi connectivity index (χ4v) is 7.19. The molecule has 7 aromatic carbocycles.